The number of hydrogen-bond acceptors (Lipinski definition) is 5. The third-order valence-corrected chi connectivity index (χ3v) is 7.47. The van der Waals surface area contributed by atoms with Crippen LogP contribution in [0.4, 0.5) is 0 Å². The Bertz CT molecular complexity index is 1250. The van der Waals surface area contributed by atoms with Crippen LogP contribution in [0.2, 0.25) is 0 Å². The lowest BCUT2D eigenvalue weighted by molar-refractivity contribution is 0.0964. The molecule has 0 unspecified atom stereocenters. The Morgan fingerprint density at radius 3 is 2.49 bits per heavy atom. The second-order valence-electron chi connectivity index (χ2n) is 9.44. The van der Waals surface area contributed by atoms with Crippen molar-refractivity contribution in [2.24, 2.45) is 0 Å². The van der Waals surface area contributed by atoms with Crippen molar-refractivity contribution < 1.29 is 17.6 Å². The van der Waals surface area contributed by atoms with E-state index in [9.17, 15) is 13.2 Å². The minimum Gasteiger partial charge on any atom is -0.437 e. The summed E-state index contributed by atoms with van der Waals surface area (Å²) in [6.07, 6.45) is 7.38. The molecule has 0 spiro atoms. The molecule has 0 saturated heterocycles. The summed E-state index contributed by atoms with van der Waals surface area (Å²) in [7, 11) is -1.12. The molecule has 3 aromatic rings. The number of benzene rings is 1. The molecule has 1 fully saturated rings. The molecule has 35 heavy (non-hydrogen) atoms. The normalized spacial score (nSPS) is 13.7. The Kier molecular flexibility index (Phi) is 8.23. The lowest BCUT2D eigenvalue weighted by Crippen LogP contribution is -2.24. The monoisotopic (exact) mass is 497 g/mol. The van der Waals surface area contributed by atoms with E-state index in [1.807, 2.05) is 37.3 Å². The van der Waals surface area contributed by atoms with Gasteiger partial charge in [-0.15, -0.1) is 0 Å². The minimum absolute atomic E-state index is 0.226. The van der Waals surface area contributed by atoms with Crippen LogP contribution in [0.25, 0.3) is 22.4 Å². The third kappa shape index (κ3) is 5.93. The fraction of sp³-hybridized carbons (Fsp3) is 0.481. The topological polar surface area (TPSA) is 92.5 Å². The van der Waals surface area contributed by atoms with Crippen LogP contribution < -0.4 is 5.32 Å². The molecule has 1 aliphatic carbocycles. The highest BCUT2D eigenvalue weighted by Gasteiger charge is 2.31. The van der Waals surface area contributed by atoms with E-state index in [-0.39, 0.29) is 12.5 Å². The number of furan rings is 1. The van der Waals surface area contributed by atoms with Gasteiger partial charge in [0.05, 0.1) is 23.2 Å². The summed E-state index contributed by atoms with van der Waals surface area (Å²) in [6, 6.07) is 9.83. The Labute approximate surface area is 209 Å². The van der Waals surface area contributed by atoms with Crippen LogP contribution >= 0.6 is 0 Å². The first-order valence-electron chi connectivity index (χ1n) is 12.6. The van der Waals surface area contributed by atoms with Crippen molar-refractivity contribution in [3.8, 4) is 11.3 Å². The molecule has 7 nitrogen and oxygen atoms in total. The van der Waals surface area contributed by atoms with Gasteiger partial charge < -0.3 is 9.73 Å². The first kappa shape index (κ1) is 25.4. The Morgan fingerprint density at radius 1 is 1.14 bits per heavy atom. The first-order chi connectivity index (χ1) is 16.9. The van der Waals surface area contributed by atoms with Crippen LogP contribution in [0.3, 0.4) is 0 Å². The van der Waals surface area contributed by atoms with E-state index >= 15 is 0 Å². The van der Waals surface area contributed by atoms with Gasteiger partial charge in [-0.25, -0.2) is 13.4 Å². The second kappa shape index (κ2) is 11.4. The zero-order valence-corrected chi connectivity index (χ0v) is 21.7. The Morgan fingerprint density at radius 2 is 1.86 bits per heavy atom. The van der Waals surface area contributed by atoms with Gasteiger partial charge in [-0.1, -0.05) is 62.4 Å². The maximum atomic E-state index is 12.9. The number of unbranched alkanes of at least 4 members (excludes halogenated alkanes) is 4. The number of aromatic nitrogens is 1. The molecular weight excluding hydrogens is 462 g/mol. The molecule has 0 radical (unpaired) electrons. The van der Waals surface area contributed by atoms with Crippen LogP contribution in [0, 0.1) is 6.92 Å². The summed E-state index contributed by atoms with van der Waals surface area (Å²) < 4.78 is 31.7. The Balaban J connectivity index is 1.72. The van der Waals surface area contributed by atoms with E-state index in [1.54, 1.807) is 7.05 Å². The van der Waals surface area contributed by atoms with Gasteiger partial charge in [-0.2, -0.15) is 4.31 Å². The number of pyridine rings is 1. The summed E-state index contributed by atoms with van der Waals surface area (Å²) in [5.74, 6) is 0.591. The molecule has 0 aliphatic heterocycles. The largest absolute Gasteiger partial charge is 0.437 e. The predicted molar refractivity (Wildman–Crippen MR) is 139 cm³/mol. The number of fused-ring (bicyclic) bond motifs is 1. The lowest BCUT2D eigenvalue weighted by Gasteiger charge is -2.17. The highest BCUT2D eigenvalue weighted by Crippen LogP contribution is 2.44. The molecule has 1 aromatic carbocycles. The molecule has 188 valence electrons. The van der Waals surface area contributed by atoms with Gasteiger partial charge in [0.1, 0.15) is 5.76 Å². The van der Waals surface area contributed by atoms with E-state index in [1.165, 1.54) is 10.7 Å². The van der Waals surface area contributed by atoms with Crippen molar-refractivity contribution >= 4 is 27.9 Å². The number of carbonyl (C=O) groups is 1. The SMILES string of the molecule is CCCCCCCN(Cc1nc2oc(-c3ccc(C)cc3)c(C(=O)NC)c2cc1C1CC1)[SH](=O)=O. The number of nitrogens with one attached hydrogen (secondary N) is 1. The third-order valence-electron chi connectivity index (χ3n) is 6.66. The van der Waals surface area contributed by atoms with Gasteiger partial charge in [-0.3, -0.25) is 4.79 Å². The van der Waals surface area contributed by atoms with E-state index < -0.39 is 10.9 Å². The van der Waals surface area contributed by atoms with Crippen molar-refractivity contribution in [2.45, 2.75) is 71.3 Å². The van der Waals surface area contributed by atoms with Gasteiger partial charge in [0.2, 0.25) is 16.6 Å². The van der Waals surface area contributed by atoms with Crippen LogP contribution in [0.15, 0.2) is 34.7 Å². The predicted octanol–water partition coefficient (Wildman–Crippen LogP) is 5.34. The lowest BCUT2D eigenvalue weighted by atomic mass is 10.0. The van der Waals surface area contributed by atoms with E-state index in [4.69, 9.17) is 9.40 Å². The summed E-state index contributed by atoms with van der Waals surface area (Å²) in [6.45, 7) is 4.89. The van der Waals surface area contributed by atoms with Crippen molar-refractivity contribution in [1.29, 1.82) is 0 Å². The van der Waals surface area contributed by atoms with Crippen molar-refractivity contribution in [1.82, 2.24) is 14.6 Å². The summed E-state index contributed by atoms with van der Waals surface area (Å²) in [5, 5.41) is 3.40. The number of carbonyl (C=O) groups excluding carboxylic acids is 1. The number of amides is 1. The van der Waals surface area contributed by atoms with E-state index in [0.29, 0.717) is 34.9 Å². The summed E-state index contributed by atoms with van der Waals surface area (Å²) >= 11 is 0. The quantitative estimate of drug-likeness (QED) is 0.260. The summed E-state index contributed by atoms with van der Waals surface area (Å²) in [5.41, 5.74) is 4.49. The molecule has 1 N–H and O–H groups in total. The van der Waals surface area contributed by atoms with Crippen LogP contribution in [0.1, 0.15) is 85.0 Å². The number of aryl methyl sites for hydroxylation is 1. The smallest absolute Gasteiger partial charge is 0.255 e. The maximum Gasteiger partial charge on any atom is 0.255 e. The van der Waals surface area contributed by atoms with Crippen molar-refractivity contribution in [3.63, 3.8) is 0 Å². The number of rotatable bonds is 12. The molecule has 1 aliphatic rings. The van der Waals surface area contributed by atoms with Gasteiger partial charge in [0.25, 0.3) is 5.91 Å². The van der Waals surface area contributed by atoms with Crippen LogP contribution in [-0.2, 0) is 17.4 Å². The van der Waals surface area contributed by atoms with Crippen LogP contribution in [0.5, 0.6) is 0 Å². The molecule has 0 bridgehead atoms. The molecule has 1 saturated carbocycles. The molecule has 0 atom stereocenters. The van der Waals surface area contributed by atoms with Crippen LogP contribution in [-0.4, -0.2) is 37.2 Å². The number of hydrogen-bond donors (Lipinski definition) is 2. The average molecular weight is 498 g/mol. The molecule has 4 rings (SSSR count). The van der Waals surface area contributed by atoms with Gasteiger partial charge in [0.15, 0.2) is 0 Å². The van der Waals surface area contributed by atoms with Gasteiger partial charge >= 0.3 is 0 Å². The molecular formula is C27H35N3O4S. The molecule has 1 amide bonds. The summed E-state index contributed by atoms with van der Waals surface area (Å²) in [4.78, 5) is 17.7. The minimum atomic E-state index is -2.72. The van der Waals surface area contributed by atoms with E-state index in [2.05, 4.69) is 12.2 Å². The van der Waals surface area contributed by atoms with Crippen molar-refractivity contribution in [3.05, 3.63) is 52.7 Å². The van der Waals surface area contributed by atoms with Crippen molar-refractivity contribution in [2.75, 3.05) is 13.6 Å². The Hall–Kier alpha value is -2.71. The fourth-order valence-electron chi connectivity index (χ4n) is 4.50. The molecule has 2 heterocycles. The zero-order valence-electron chi connectivity index (χ0n) is 20.8. The fourth-order valence-corrected chi connectivity index (χ4v) is 5.05. The number of nitrogens with zero attached hydrogens (tertiary/aromatic N) is 2. The highest BCUT2D eigenvalue weighted by molar-refractivity contribution is 7.69. The highest BCUT2D eigenvalue weighted by atomic mass is 32.2. The maximum absolute atomic E-state index is 12.9. The van der Waals surface area contributed by atoms with Gasteiger partial charge in [0, 0.05) is 19.2 Å². The molecule has 2 aromatic heterocycles. The molecule has 8 heteroatoms. The zero-order chi connectivity index (χ0) is 24.9. The average Bonchev–Trinajstić information content (AvgIpc) is 3.63. The standard InChI is InChI=1S/C27H35N3O4S/c1-4-5-6-7-8-15-30(35(32)33)17-23-21(19-13-14-19)16-22-24(26(31)28-3)25(34-27(22)29-23)20-11-9-18(2)10-12-20/h9-12,16,19,35H,4-8,13-15,17H2,1-3H3,(H,28,31). The number of thiol groups is 1. The van der Waals surface area contributed by atoms with Gasteiger partial charge in [-0.05, 0) is 43.7 Å². The first-order valence-corrected chi connectivity index (χ1v) is 13.7. The van der Waals surface area contributed by atoms with E-state index in [0.717, 1.165) is 60.9 Å². The second-order valence-corrected chi connectivity index (χ2v) is 10.5.